The van der Waals surface area contributed by atoms with Gasteiger partial charge in [-0.2, -0.15) is 0 Å². The third-order valence-electron chi connectivity index (χ3n) is 2.96. The normalized spacial score (nSPS) is 15.3. The number of aromatic nitrogens is 2. The lowest BCUT2D eigenvalue weighted by molar-refractivity contribution is 0.331. The Morgan fingerprint density at radius 2 is 2.00 bits per heavy atom. The van der Waals surface area contributed by atoms with Gasteiger partial charge in [0.05, 0.1) is 16.9 Å². The first-order valence-electron chi connectivity index (χ1n) is 5.21. The molecule has 1 saturated heterocycles. The molecule has 0 atom stereocenters. The Balaban J connectivity index is 0.00000108. The van der Waals surface area contributed by atoms with Crippen LogP contribution < -0.4 is 10.9 Å². The van der Waals surface area contributed by atoms with Crippen molar-refractivity contribution in [1.82, 2.24) is 14.9 Å². The molecule has 0 aliphatic carbocycles. The summed E-state index contributed by atoms with van der Waals surface area (Å²) in [5.41, 5.74) is 0.812. The molecule has 1 aromatic carbocycles. The Hall–Kier alpha value is -1.17. The van der Waals surface area contributed by atoms with Crippen molar-refractivity contribution < 1.29 is 0 Å². The van der Waals surface area contributed by atoms with Gasteiger partial charge in [0.25, 0.3) is 5.56 Å². The SMILES string of the molecule is Cl.O=c1c2ccccc2[nH]c(=S)n1C1CNC1. The van der Waals surface area contributed by atoms with Gasteiger partial charge < -0.3 is 10.3 Å². The third-order valence-corrected chi connectivity index (χ3v) is 3.26. The molecule has 0 spiro atoms. The smallest absolute Gasteiger partial charge is 0.262 e. The fourth-order valence-electron chi connectivity index (χ4n) is 1.96. The molecule has 1 aliphatic rings. The largest absolute Gasteiger partial charge is 0.332 e. The van der Waals surface area contributed by atoms with Gasteiger partial charge in [-0.1, -0.05) is 12.1 Å². The molecular weight excluding hydrogens is 258 g/mol. The number of halogens is 1. The second-order valence-corrected chi connectivity index (χ2v) is 4.35. The Morgan fingerprint density at radius 3 is 2.65 bits per heavy atom. The molecule has 2 heterocycles. The molecule has 17 heavy (non-hydrogen) atoms. The number of hydrogen-bond acceptors (Lipinski definition) is 3. The van der Waals surface area contributed by atoms with Crippen LogP contribution in [0.25, 0.3) is 10.9 Å². The number of nitrogens with one attached hydrogen (secondary N) is 2. The van der Waals surface area contributed by atoms with Crippen molar-refractivity contribution in [3.05, 3.63) is 39.4 Å². The van der Waals surface area contributed by atoms with E-state index in [1.54, 1.807) is 4.57 Å². The van der Waals surface area contributed by atoms with Crippen LogP contribution in [0.3, 0.4) is 0 Å². The molecular formula is C11H12ClN3OS. The Kier molecular flexibility index (Phi) is 3.33. The highest BCUT2D eigenvalue weighted by molar-refractivity contribution is 7.71. The molecule has 2 N–H and O–H groups in total. The number of fused-ring (bicyclic) bond motifs is 1. The fourth-order valence-corrected chi connectivity index (χ4v) is 2.31. The first kappa shape index (κ1) is 12.3. The van der Waals surface area contributed by atoms with Crippen LogP contribution in [0.1, 0.15) is 6.04 Å². The van der Waals surface area contributed by atoms with Gasteiger partial charge in [0.15, 0.2) is 4.77 Å². The summed E-state index contributed by atoms with van der Waals surface area (Å²) in [7, 11) is 0. The predicted octanol–water partition coefficient (Wildman–Crippen LogP) is 1.63. The summed E-state index contributed by atoms with van der Waals surface area (Å²) in [6.45, 7) is 1.63. The van der Waals surface area contributed by atoms with Gasteiger partial charge in [-0.25, -0.2) is 0 Å². The minimum Gasteiger partial charge on any atom is -0.332 e. The first-order chi connectivity index (χ1) is 7.77. The number of rotatable bonds is 1. The highest BCUT2D eigenvalue weighted by Gasteiger charge is 2.21. The molecule has 4 nitrogen and oxygen atoms in total. The monoisotopic (exact) mass is 269 g/mol. The van der Waals surface area contributed by atoms with Crippen molar-refractivity contribution >= 4 is 35.5 Å². The molecule has 0 amide bonds. The topological polar surface area (TPSA) is 49.8 Å². The van der Waals surface area contributed by atoms with Crippen LogP contribution in [0.5, 0.6) is 0 Å². The molecule has 2 aromatic rings. The highest BCUT2D eigenvalue weighted by Crippen LogP contribution is 2.12. The van der Waals surface area contributed by atoms with Crippen LogP contribution in [-0.4, -0.2) is 22.6 Å². The molecule has 0 saturated carbocycles. The minimum absolute atomic E-state index is 0. The molecule has 1 fully saturated rings. The van der Waals surface area contributed by atoms with Gasteiger partial charge in [0.2, 0.25) is 0 Å². The predicted molar refractivity (Wildman–Crippen MR) is 72.5 cm³/mol. The number of nitrogens with zero attached hydrogens (tertiary/aromatic N) is 1. The summed E-state index contributed by atoms with van der Waals surface area (Å²) in [6.07, 6.45) is 0. The third kappa shape index (κ3) is 1.90. The second kappa shape index (κ2) is 4.60. The van der Waals surface area contributed by atoms with E-state index in [2.05, 4.69) is 10.3 Å². The quantitative estimate of drug-likeness (QED) is 0.774. The first-order valence-corrected chi connectivity index (χ1v) is 5.62. The van der Waals surface area contributed by atoms with Crippen molar-refractivity contribution in [2.24, 2.45) is 0 Å². The van der Waals surface area contributed by atoms with Crippen LogP contribution in [0, 0.1) is 4.77 Å². The van der Waals surface area contributed by atoms with E-state index in [0.717, 1.165) is 18.6 Å². The van der Waals surface area contributed by atoms with Crippen molar-refractivity contribution in [2.75, 3.05) is 13.1 Å². The maximum absolute atomic E-state index is 12.2. The van der Waals surface area contributed by atoms with E-state index in [0.29, 0.717) is 10.2 Å². The van der Waals surface area contributed by atoms with E-state index in [9.17, 15) is 4.79 Å². The average Bonchev–Trinajstić information content (AvgIpc) is 2.21. The Bertz CT molecular complexity index is 660. The number of para-hydroxylation sites is 1. The number of hydrogen-bond donors (Lipinski definition) is 2. The lowest BCUT2D eigenvalue weighted by Crippen LogP contribution is -2.47. The van der Waals surface area contributed by atoms with E-state index < -0.39 is 0 Å². The number of H-pyrrole nitrogens is 1. The second-order valence-electron chi connectivity index (χ2n) is 3.96. The van der Waals surface area contributed by atoms with Crippen molar-refractivity contribution in [3.8, 4) is 0 Å². The lowest BCUT2D eigenvalue weighted by Gasteiger charge is -2.29. The van der Waals surface area contributed by atoms with Gasteiger partial charge >= 0.3 is 0 Å². The van der Waals surface area contributed by atoms with Gasteiger partial charge in [0.1, 0.15) is 0 Å². The van der Waals surface area contributed by atoms with Gasteiger partial charge in [-0.3, -0.25) is 9.36 Å². The van der Waals surface area contributed by atoms with Crippen LogP contribution in [-0.2, 0) is 0 Å². The van der Waals surface area contributed by atoms with Crippen LogP contribution in [0.2, 0.25) is 0 Å². The summed E-state index contributed by atoms with van der Waals surface area (Å²) >= 11 is 5.22. The fraction of sp³-hybridized carbons (Fsp3) is 0.273. The van der Waals surface area contributed by atoms with Gasteiger partial charge in [0, 0.05) is 13.1 Å². The zero-order valence-corrected chi connectivity index (χ0v) is 10.6. The maximum Gasteiger partial charge on any atom is 0.262 e. The highest BCUT2D eigenvalue weighted by atomic mass is 35.5. The zero-order chi connectivity index (χ0) is 11.1. The summed E-state index contributed by atoms with van der Waals surface area (Å²) in [4.78, 5) is 15.3. The lowest BCUT2D eigenvalue weighted by atomic mass is 10.1. The van der Waals surface area contributed by atoms with Crippen molar-refractivity contribution in [1.29, 1.82) is 0 Å². The molecule has 1 aromatic heterocycles. The van der Waals surface area contributed by atoms with E-state index >= 15 is 0 Å². The van der Waals surface area contributed by atoms with E-state index in [4.69, 9.17) is 12.2 Å². The summed E-state index contributed by atoms with van der Waals surface area (Å²) < 4.78 is 2.18. The molecule has 0 unspecified atom stereocenters. The van der Waals surface area contributed by atoms with Crippen LogP contribution >= 0.6 is 24.6 Å². The Labute approximate surface area is 109 Å². The van der Waals surface area contributed by atoms with Crippen LogP contribution in [0.4, 0.5) is 0 Å². The van der Waals surface area contributed by atoms with Gasteiger partial charge in [-0.15, -0.1) is 12.4 Å². The molecule has 3 rings (SSSR count). The standard InChI is InChI=1S/C11H11N3OS.ClH/c15-10-8-3-1-2-4-9(8)13-11(16)14(10)7-5-12-6-7;/h1-4,7,12H,5-6H2,(H,13,16);1H. The van der Waals surface area contributed by atoms with Crippen molar-refractivity contribution in [3.63, 3.8) is 0 Å². The van der Waals surface area contributed by atoms with Crippen molar-refractivity contribution in [2.45, 2.75) is 6.04 Å². The van der Waals surface area contributed by atoms with Gasteiger partial charge in [-0.05, 0) is 24.4 Å². The summed E-state index contributed by atoms with van der Waals surface area (Å²) in [6, 6.07) is 7.65. The van der Waals surface area contributed by atoms with E-state index in [-0.39, 0.29) is 24.0 Å². The maximum atomic E-state index is 12.2. The molecule has 90 valence electrons. The van der Waals surface area contributed by atoms with E-state index in [1.807, 2.05) is 24.3 Å². The molecule has 6 heteroatoms. The Morgan fingerprint density at radius 1 is 1.29 bits per heavy atom. The number of benzene rings is 1. The van der Waals surface area contributed by atoms with Crippen LogP contribution in [0.15, 0.2) is 29.1 Å². The number of aromatic amines is 1. The molecule has 1 aliphatic heterocycles. The minimum atomic E-state index is 0. The average molecular weight is 270 g/mol. The molecule has 0 radical (unpaired) electrons. The summed E-state index contributed by atoms with van der Waals surface area (Å²) in [5, 5.41) is 3.84. The summed E-state index contributed by atoms with van der Waals surface area (Å²) in [5.74, 6) is 0. The zero-order valence-electron chi connectivity index (χ0n) is 8.97. The molecule has 0 bridgehead atoms. The van der Waals surface area contributed by atoms with E-state index in [1.165, 1.54) is 0 Å².